The molecule has 0 radical (unpaired) electrons. The second-order valence-electron chi connectivity index (χ2n) is 2.54. The topological polar surface area (TPSA) is 44.0 Å². The van der Waals surface area contributed by atoms with E-state index in [1.54, 1.807) is 19.1 Å². The van der Waals surface area contributed by atoms with Gasteiger partial charge in [-0.15, -0.1) is 0 Å². The molecule has 2 nitrogen and oxygen atoms in total. The molecule has 0 atom stereocenters. The summed E-state index contributed by atoms with van der Waals surface area (Å²) < 4.78 is 0. The number of benzene rings is 1. The lowest BCUT2D eigenvalue weighted by atomic mass is 10.1. The van der Waals surface area contributed by atoms with E-state index in [1.807, 2.05) is 6.07 Å². The van der Waals surface area contributed by atoms with E-state index in [9.17, 15) is 5.11 Å². The van der Waals surface area contributed by atoms with Crippen LogP contribution in [-0.2, 0) is 6.42 Å². The predicted molar refractivity (Wildman–Crippen MR) is 47.2 cm³/mol. The van der Waals surface area contributed by atoms with Crippen LogP contribution in [0.15, 0.2) is 12.1 Å². The number of phenols is 1. The summed E-state index contributed by atoms with van der Waals surface area (Å²) in [6.45, 7) is 1.76. The summed E-state index contributed by atoms with van der Waals surface area (Å²) in [4.78, 5) is 0. The Hall–Kier alpha value is -1.20. The Morgan fingerprint density at radius 3 is 2.83 bits per heavy atom. The molecule has 0 bridgehead atoms. The Bertz CT molecular complexity index is 341. The normalized spacial score (nSPS) is 9.42. The molecular formula is C9H8ClNO. The van der Waals surface area contributed by atoms with Gasteiger partial charge in [0.2, 0.25) is 0 Å². The molecular weight excluding hydrogens is 174 g/mol. The minimum atomic E-state index is 0.0735. The van der Waals surface area contributed by atoms with Gasteiger partial charge in [-0.05, 0) is 18.1 Å². The van der Waals surface area contributed by atoms with Crippen molar-refractivity contribution in [1.29, 1.82) is 5.26 Å². The molecule has 0 amide bonds. The Morgan fingerprint density at radius 2 is 2.25 bits per heavy atom. The van der Waals surface area contributed by atoms with Gasteiger partial charge in [-0.1, -0.05) is 23.7 Å². The average molecular weight is 182 g/mol. The van der Waals surface area contributed by atoms with Gasteiger partial charge in [0.25, 0.3) is 0 Å². The molecule has 0 aliphatic rings. The number of nitrogens with zero attached hydrogens (tertiary/aromatic N) is 1. The van der Waals surface area contributed by atoms with Gasteiger partial charge in [-0.2, -0.15) is 5.26 Å². The van der Waals surface area contributed by atoms with E-state index in [-0.39, 0.29) is 17.2 Å². The van der Waals surface area contributed by atoms with Crippen LogP contribution in [0.4, 0.5) is 0 Å². The number of nitriles is 1. The van der Waals surface area contributed by atoms with E-state index >= 15 is 0 Å². The first-order valence-electron chi connectivity index (χ1n) is 3.50. The van der Waals surface area contributed by atoms with Crippen molar-refractivity contribution in [3.63, 3.8) is 0 Å². The maximum Gasteiger partial charge on any atom is 0.137 e. The molecule has 12 heavy (non-hydrogen) atoms. The highest BCUT2D eigenvalue weighted by molar-refractivity contribution is 6.32. The molecule has 0 aliphatic heterocycles. The van der Waals surface area contributed by atoms with Gasteiger partial charge in [-0.25, -0.2) is 0 Å². The third-order valence-electron chi connectivity index (χ3n) is 1.67. The van der Waals surface area contributed by atoms with Gasteiger partial charge >= 0.3 is 0 Å². The molecule has 0 fully saturated rings. The van der Waals surface area contributed by atoms with Gasteiger partial charge in [-0.3, -0.25) is 0 Å². The number of hydrogen-bond donors (Lipinski definition) is 1. The average Bonchev–Trinajstić information content (AvgIpc) is 2.07. The first-order valence-corrected chi connectivity index (χ1v) is 3.88. The molecule has 0 saturated carbocycles. The Labute approximate surface area is 76.0 Å². The van der Waals surface area contributed by atoms with Crippen molar-refractivity contribution in [2.24, 2.45) is 0 Å². The van der Waals surface area contributed by atoms with E-state index < -0.39 is 0 Å². The minimum absolute atomic E-state index is 0.0735. The van der Waals surface area contributed by atoms with Crippen LogP contribution < -0.4 is 0 Å². The van der Waals surface area contributed by atoms with Crippen LogP contribution in [0.3, 0.4) is 0 Å². The number of hydrogen-bond acceptors (Lipinski definition) is 2. The van der Waals surface area contributed by atoms with Crippen molar-refractivity contribution in [2.45, 2.75) is 13.3 Å². The van der Waals surface area contributed by atoms with Crippen LogP contribution in [0.1, 0.15) is 11.1 Å². The third kappa shape index (κ3) is 1.51. The lowest BCUT2D eigenvalue weighted by Gasteiger charge is -2.04. The van der Waals surface area contributed by atoms with E-state index in [2.05, 4.69) is 0 Å². The highest BCUT2D eigenvalue weighted by atomic mass is 35.5. The maximum atomic E-state index is 9.37. The van der Waals surface area contributed by atoms with Crippen LogP contribution in [0.5, 0.6) is 5.75 Å². The molecule has 0 aliphatic carbocycles. The summed E-state index contributed by atoms with van der Waals surface area (Å²) in [6, 6.07) is 5.47. The largest absolute Gasteiger partial charge is 0.506 e. The lowest BCUT2D eigenvalue weighted by molar-refractivity contribution is 0.471. The van der Waals surface area contributed by atoms with Crippen LogP contribution in [-0.4, -0.2) is 5.11 Å². The van der Waals surface area contributed by atoms with Crippen LogP contribution in [0.25, 0.3) is 0 Å². The predicted octanol–water partition coefficient (Wildman–Crippen LogP) is 2.42. The standard InChI is InChI=1S/C9H8ClNO/c1-6-2-3-7(4-5-11)8(10)9(6)12/h2-3,12H,4H2,1H3. The summed E-state index contributed by atoms with van der Waals surface area (Å²) in [7, 11) is 0. The summed E-state index contributed by atoms with van der Waals surface area (Å²) in [5.41, 5.74) is 1.39. The molecule has 0 aromatic heterocycles. The zero-order valence-corrected chi connectivity index (χ0v) is 7.39. The fourth-order valence-corrected chi connectivity index (χ4v) is 1.20. The molecule has 3 heteroatoms. The summed E-state index contributed by atoms with van der Waals surface area (Å²) in [5, 5.41) is 18.1. The molecule has 1 N–H and O–H groups in total. The quantitative estimate of drug-likeness (QED) is 0.723. The Balaban J connectivity index is 3.19. The molecule has 0 heterocycles. The number of halogens is 1. The van der Waals surface area contributed by atoms with E-state index in [4.69, 9.17) is 16.9 Å². The molecule has 0 saturated heterocycles. The fourth-order valence-electron chi connectivity index (χ4n) is 0.925. The number of aryl methyl sites for hydroxylation is 1. The zero-order valence-electron chi connectivity index (χ0n) is 6.63. The summed E-state index contributed by atoms with van der Waals surface area (Å²) in [6.07, 6.45) is 0.229. The monoisotopic (exact) mass is 181 g/mol. The second-order valence-corrected chi connectivity index (χ2v) is 2.92. The van der Waals surface area contributed by atoms with E-state index in [0.29, 0.717) is 5.56 Å². The van der Waals surface area contributed by atoms with Crippen molar-refractivity contribution < 1.29 is 5.11 Å². The highest BCUT2D eigenvalue weighted by Gasteiger charge is 2.06. The van der Waals surface area contributed by atoms with Gasteiger partial charge < -0.3 is 5.11 Å². The third-order valence-corrected chi connectivity index (χ3v) is 2.09. The van der Waals surface area contributed by atoms with Crippen molar-refractivity contribution in [3.05, 3.63) is 28.3 Å². The Morgan fingerprint density at radius 1 is 1.58 bits per heavy atom. The highest BCUT2D eigenvalue weighted by Crippen LogP contribution is 2.30. The van der Waals surface area contributed by atoms with Gasteiger partial charge in [0.15, 0.2) is 0 Å². The molecule has 1 rings (SSSR count). The minimum Gasteiger partial charge on any atom is -0.506 e. The number of phenolic OH excluding ortho intramolecular Hbond substituents is 1. The van der Waals surface area contributed by atoms with Crippen molar-refractivity contribution in [2.75, 3.05) is 0 Å². The fraction of sp³-hybridized carbons (Fsp3) is 0.222. The SMILES string of the molecule is Cc1ccc(CC#N)c(Cl)c1O. The number of rotatable bonds is 1. The van der Waals surface area contributed by atoms with Crippen LogP contribution in [0, 0.1) is 18.3 Å². The summed E-state index contributed by atoms with van der Waals surface area (Å²) >= 11 is 5.78. The first kappa shape index (κ1) is 8.89. The smallest absolute Gasteiger partial charge is 0.137 e. The van der Waals surface area contributed by atoms with Gasteiger partial charge in [0, 0.05) is 0 Å². The summed E-state index contributed by atoms with van der Waals surface area (Å²) in [5.74, 6) is 0.0735. The van der Waals surface area contributed by atoms with Crippen molar-refractivity contribution in [3.8, 4) is 11.8 Å². The molecule has 62 valence electrons. The maximum absolute atomic E-state index is 9.37. The molecule has 0 spiro atoms. The Kier molecular flexibility index (Phi) is 2.57. The molecule has 1 aromatic rings. The van der Waals surface area contributed by atoms with Crippen LogP contribution in [0.2, 0.25) is 5.02 Å². The molecule has 0 unspecified atom stereocenters. The van der Waals surface area contributed by atoms with E-state index in [1.165, 1.54) is 0 Å². The van der Waals surface area contributed by atoms with Gasteiger partial charge in [0.05, 0.1) is 17.5 Å². The van der Waals surface area contributed by atoms with Gasteiger partial charge in [0.1, 0.15) is 5.75 Å². The second kappa shape index (κ2) is 3.46. The lowest BCUT2D eigenvalue weighted by Crippen LogP contribution is -1.85. The first-order chi connectivity index (χ1) is 5.66. The van der Waals surface area contributed by atoms with Crippen molar-refractivity contribution in [1.82, 2.24) is 0 Å². The zero-order chi connectivity index (χ0) is 9.14. The number of aromatic hydroxyl groups is 1. The molecule has 1 aromatic carbocycles. The van der Waals surface area contributed by atoms with E-state index in [0.717, 1.165) is 5.56 Å². The van der Waals surface area contributed by atoms with Crippen LogP contribution >= 0.6 is 11.6 Å². The van der Waals surface area contributed by atoms with Crippen molar-refractivity contribution >= 4 is 11.6 Å².